The van der Waals surface area contributed by atoms with Crippen molar-refractivity contribution in [3.05, 3.63) is 75.9 Å². The number of hydrogen-bond acceptors (Lipinski definition) is 2. The van der Waals surface area contributed by atoms with Gasteiger partial charge in [0.2, 0.25) is 5.78 Å². The molecule has 0 unspecified atom stereocenters. The monoisotopic (exact) mass is 347 g/mol. The maximum absolute atomic E-state index is 13.7. The molecule has 0 fully saturated rings. The number of rotatable bonds is 2. The summed E-state index contributed by atoms with van der Waals surface area (Å²) in [4.78, 5) is 16.6. The number of benzene rings is 2. The van der Waals surface area contributed by atoms with E-state index < -0.39 is 17.4 Å². The van der Waals surface area contributed by atoms with E-state index in [4.69, 9.17) is 0 Å². The Hall–Kier alpha value is -2.14. The van der Waals surface area contributed by atoms with Gasteiger partial charge in [-0.2, -0.15) is 0 Å². The van der Waals surface area contributed by atoms with Crippen LogP contribution in [0.4, 0.5) is 8.78 Å². The molecule has 3 rings (SSSR count). The summed E-state index contributed by atoms with van der Waals surface area (Å²) >= 11 is 3.27. The number of aromatic nitrogens is 1. The topological polar surface area (TPSA) is 30.0 Å². The van der Waals surface area contributed by atoms with E-state index in [1.807, 2.05) is 12.1 Å². The van der Waals surface area contributed by atoms with Crippen LogP contribution in [0.3, 0.4) is 0 Å². The number of hydrogen-bond donors (Lipinski definition) is 0. The third-order valence-electron chi connectivity index (χ3n) is 3.07. The predicted molar refractivity (Wildman–Crippen MR) is 79.2 cm³/mol. The first kappa shape index (κ1) is 13.8. The van der Waals surface area contributed by atoms with Gasteiger partial charge in [-0.25, -0.2) is 13.8 Å². The Bertz CT molecular complexity index is 864. The summed E-state index contributed by atoms with van der Waals surface area (Å²) in [5, 5.41) is 0.862. The van der Waals surface area contributed by atoms with Gasteiger partial charge < -0.3 is 0 Å². The van der Waals surface area contributed by atoms with Gasteiger partial charge in [-0.05, 0) is 40.2 Å². The third-order valence-corrected chi connectivity index (χ3v) is 3.67. The summed E-state index contributed by atoms with van der Waals surface area (Å²) in [6.07, 6.45) is 0. The molecule has 1 aromatic heterocycles. The van der Waals surface area contributed by atoms with Crippen LogP contribution in [-0.4, -0.2) is 10.8 Å². The van der Waals surface area contributed by atoms with Crippen molar-refractivity contribution in [3.8, 4) is 0 Å². The van der Waals surface area contributed by atoms with E-state index in [0.717, 1.165) is 17.5 Å². The fourth-order valence-electron chi connectivity index (χ4n) is 2.05. The van der Waals surface area contributed by atoms with E-state index in [2.05, 4.69) is 20.9 Å². The second-order valence-electron chi connectivity index (χ2n) is 4.46. The number of carbonyl (C=O) groups is 1. The van der Waals surface area contributed by atoms with Gasteiger partial charge in [0.25, 0.3) is 0 Å². The highest BCUT2D eigenvalue weighted by Crippen LogP contribution is 2.24. The molecule has 0 saturated carbocycles. The Kier molecular flexibility index (Phi) is 3.51. The largest absolute Gasteiger partial charge is 0.287 e. The van der Waals surface area contributed by atoms with Crippen molar-refractivity contribution in [2.24, 2.45) is 0 Å². The predicted octanol–water partition coefficient (Wildman–Crippen LogP) is 4.51. The SMILES string of the molecule is O=C(c1ccc(F)cc1F)c1nc2ccccc2cc1Br. The Balaban J connectivity index is 2.15. The van der Waals surface area contributed by atoms with E-state index in [1.165, 1.54) is 0 Å². The summed E-state index contributed by atoms with van der Waals surface area (Å²) in [6.45, 7) is 0. The molecule has 0 bridgehead atoms. The van der Waals surface area contributed by atoms with Crippen LogP contribution in [0.25, 0.3) is 10.9 Å². The van der Waals surface area contributed by atoms with Crippen LogP contribution >= 0.6 is 15.9 Å². The van der Waals surface area contributed by atoms with Crippen LogP contribution in [0.5, 0.6) is 0 Å². The maximum atomic E-state index is 13.7. The smallest absolute Gasteiger partial charge is 0.215 e. The average Bonchev–Trinajstić information content (AvgIpc) is 2.46. The van der Waals surface area contributed by atoms with Gasteiger partial charge in [0.1, 0.15) is 17.3 Å². The second kappa shape index (κ2) is 5.33. The van der Waals surface area contributed by atoms with Crippen LogP contribution in [0.15, 0.2) is 53.0 Å². The molecule has 104 valence electrons. The number of fused-ring (bicyclic) bond motifs is 1. The van der Waals surface area contributed by atoms with Gasteiger partial charge in [0.15, 0.2) is 0 Å². The number of para-hydroxylation sites is 1. The van der Waals surface area contributed by atoms with E-state index in [-0.39, 0.29) is 11.3 Å². The van der Waals surface area contributed by atoms with E-state index in [0.29, 0.717) is 16.1 Å². The van der Waals surface area contributed by atoms with E-state index >= 15 is 0 Å². The molecule has 0 spiro atoms. The highest BCUT2D eigenvalue weighted by molar-refractivity contribution is 9.10. The van der Waals surface area contributed by atoms with E-state index in [1.54, 1.807) is 18.2 Å². The van der Waals surface area contributed by atoms with Crippen molar-refractivity contribution in [3.63, 3.8) is 0 Å². The molecule has 0 atom stereocenters. The minimum atomic E-state index is -0.901. The zero-order valence-corrected chi connectivity index (χ0v) is 12.2. The van der Waals surface area contributed by atoms with Gasteiger partial charge in [0.05, 0.1) is 11.1 Å². The molecule has 5 heteroatoms. The molecule has 1 heterocycles. The fraction of sp³-hybridized carbons (Fsp3) is 0. The third kappa shape index (κ3) is 2.56. The van der Waals surface area contributed by atoms with Crippen LogP contribution in [-0.2, 0) is 0 Å². The Morgan fingerprint density at radius 3 is 2.57 bits per heavy atom. The minimum Gasteiger partial charge on any atom is -0.287 e. The summed E-state index contributed by atoms with van der Waals surface area (Å²) < 4.78 is 27.1. The lowest BCUT2D eigenvalue weighted by Gasteiger charge is -2.06. The molecule has 21 heavy (non-hydrogen) atoms. The molecule has 2 aromatic carbocycles. The summed E-state index contributed by atoms with van der Waals surface area (Å²) in [7, 11) is 0. The summed E-state index contributed by atoms with van der Waals surface area (Å²) in [5.74, 6) is -2.22. The molecule has 0 N–H and O–H groups in total. The zero-order chi connectivity index (χ0) is 15.0. The van der Waals surface area contributed by atoms with Gasteiger partial charge in [-0.15, -0.1) is 0 Å². The molecule has 0 radical (unpaired) electrons. The summed E-state index contributed by atoms with van der Waals surface area (Å²) in [6, 6.07) is 11.9. The van der Waals surface area contributed by atoms with Crippen molar-refractivity contribution >= 4 is 32.6 Å². The lowest BCUT2D eigenvalue weighted by atomic mass is 10.1. The standard InChI is InChI=1S/C16H8BrF2NO/c17-12-7-9-3-1-2-4-14(9)20-15(12)16(21)11-6-5-10(18)8-13(11)19/h1-8H. The fourth-order valence-corrected chi connectivity index (χ4v) is 2.57. The molecule has 0 aliphatic carbocycles. The van der Waals surface area contributed by atoms with Crippen LogP contribution in [0.2, 0.25) is 0 Å². The Morgan fingerprint density at radius 2 is 1.81 bits per heavy atom. The normalized spacial score (nSPS) is 10.8. The highest BCUT2D eigenvalue weighted by Gasteiger charge is 2.19. The number of pyridine rings is 1. The Labute approximate surface area is 127 Å². The number of nitrogens with zero attached hydrogens (tertiary/aromatic N) is 1. The van der Waals surface area contributed by atoms with Crippen molar-refractivity contribution < 1.29 is 13.6 Å². The number of ketones is 1. The van der Waals surface area contributed by atoms with Gasteiger partial charge >= 0.3 is 0 Å². The first-order valence-corrected chi connectivity index (χ1v) is 6.90. The highest BCUT2D eigenvalue weighted by atomic mass is 79.9. The van der Waals surface area contributed by atoms with Crippen LogP contribution in [0.1, 0.15) is 16.1 Å². The minimum absolute atomic E-state index is 0.0965. The average molecular weight is 348 g/mol. The maximum Gasteiger partial charge on any atom is 0.215 e. The van der Waals surface area contributed by atoms with Crippen molar-refractivity contribution in [1.29, 1.82) is 0 Å². The molecule has 0 aliphatic rings. The Morgan fingerprint density at radius 1 is 1.05 bits per heavy atom. The molecule has 3 aromatic rings. The molecular formula is C16H8BrF2NO. The van der Waals surface area contributed by atoms with Gasteiger partial charge in [0, 0.05) is 15.9 Å². The molecule has 0 saturated heterocycles. The first-order valence-electron chi connectivity index (χ1n) is 6.11. The van der Waals surface area contributed by atoms with Crippen LogP contribution in [0, 0.1) is 11.6 Å². The van der Waals surface area contributed by atoms with Gasteiger partial charge in [-0.3, -0.25) is 4.79 Å². The zero-order valence-electron chi connectivity index (χ0n) is 10.6. The van der Waals surface area contributed by atoms with Crippen molar-refractivity contribution in [1.82, 2.24) is 4.98 Å². The summed E-state index contributed by atoms with van der Waals surface area (Å²) in [5.41, 5.74) is 0.519. The lowest BCUT2D eigenvalue weighted by molar-refractivity contribution is 0.103. The van der Waals surface area contributed by atoms with Crippen molar-refractivity contribution in [2.45, 2.75) is 0 Å². The van der Waals surface area contributed by atoms with E-state index in [9.17, 15) is 13.6 Å². The van der Waals surface area contributed by atoms with Crippen molar-refractivity contribution in [2.75, 3.05) is 0 Å². The molecular weight excluding hydrogens is 340 g/mol. The first-order chi connectivity index (χ1) is 10.1. The second-order valence-corrected chi connectivity index (χ2v) is 5.32. The molecule has 0 aliphatic heterocycles. The van der Waals surface area contributed by atoms with Gasteiger partial charge in [-0.1, -0.05) is 18.2 Å². The lowest BCUT2D eigenvalue weighted by Crippen LogP contribution is -2.08. The number of carbonyl (C=O) groups excluding carboxylic acids is 1. The molecule has 2 nitrogen and oxygen atoms in total. The number of halogens is 3. The quantitative estimate of drug-likeness (QED) is 0.638. The van der Waals surface area contributed by atoms with Crippen LogP contribution < -0.4 is 0 Å². The molecule has 0 amide bonds.